The van der Waals surface area contributed by atoms with Crippen LogP contribution in [0.25, 0.3) is 21.5 Å². The summed E-state index contributed by atoms with van der Waals surface area (Å²) >= 11 is 1.45. The van der Waals surface area contributed by atoms with Gasteiger partial charge in [-0.15, -0.1) is 11.3 Å². The fourth-order valence-corrected chi connectivity index (χ4v) is 4.28. The van der Waals surface area contributed by atoms with E-state index in [1.807, 2.05) is 53.9 Å². The number of rotatable bonds is 8. The number of aromatic amines is 1. The fourth-order valence-electron chi connectivity index (χ4n) is 3.43. The molecule has 0 radical (unpaired) electrons. The predicted octanol–water partition coefficient (Wildman–Crippen LogP) is 3.80. The summed E-state index contributed by atoms with van der Waals surface area (Å²) in [7, 11) is 1.61. The van der Waals surface area contributed by atoms with E-state index >= 15 is 0 Å². The molecular formula is C23H22N4O4S. The SMILES string of the molecule is COc1ccccc1-c1nc(CNC(=O)N[C@H](Cc2c[nH]c3ccccc23)C(=O)O)cs1. The number of methoxy groups -OCH3 is 1. The third-order valence-corrected chi connectivity index (χ3v) is 5.95. The second kappa shape index (κ2) is 9.52. The van der Waals surface area contributed by atoms with E-state index in [0.717, 1.165) is 32.8 Å². The number of para-hydroxylation sites is 2. The average Bonchev–Trinajstić information content (AvgIpc) is 3.44. The fraction of sp³-hybridized carbons (Fsp3) is 0.174. The molecule has 0 fully saturated rings. The lowest BCUT2D eigenvalue weighted by Crippen LogP contribution is -2.46. The highest BCUT2D eigenvalue weighted by molar-refractivity contribution is 7.13. The van der Waals surface area contributed by atoms with Gasteiger partial charge in [0.1, 0.15) is 16.8 Å². The molecule has 0 aliphatic rings. The lowest BCUT2D eigenvalue weighted by atomic mass is 10.1. The van der Waals surface area contributed by atoms with Gasteiger partial charge in [-0.05, 0) is 23.8 Å². The number of ether oxygens (including phenoxy) is 1. The van der Waals surface area contributed by atoms with Crippen molar-refractivity contribution in [2.24, 2.45) is 0 Å². The number of nitrogens with zero attached hydrogens (tertiary/aromatic N) is 1. The van der Waals surface area contributed by atoms with Gasteiger partial charge in [-0.25, -0.2) is 14.6 Å². The summed E-state index contributed by atoms with van der Waals surface area (Å²) in [6.07, 6.45) is 1.94. The Morgan fingerprint density at radius 1 is 1.19 bits per heavy atom. The maximum Gasteiger partial charge on any atom is 0.326 e. The van der Waals surface area contributed by atoms with Crippen molar-refractivity contribution < 1.29 is 19.4 Å². The second-order valence-electron chi connectivity index (χ2n) is 7.13. The Labute approximate surface area is 188 Å². The molecule has 0 aliphatic carbocycles. The number of nitrogens with one attached hydrogen (secondary N) is 3. The lowest BCUT2D eigenvalue weighted by Gasteiger charge is -2.14. The molecule has 0 saturated heterocycles. The Bertz CT molecular complexity index is 1250. The van der Waals surface area contributed by atoms with Crippen molar-refractivity contribution in [3.05, 3.63) is 71.4 Å². The molecule has 0 spiro atoms. The number of aliphatic carboxylic acids is 1. The van der Waals surface area contributed by atoms with Gasteiger partial charge in [-0.1, -0.05) is 30.3 Å². The van der Waals surface area contributed by atoms with Gasteiger partial charge in [0.05, 0.1) is 24.9 Å². The summed E-state index contributed by atoms with van der Waals surface area (Å²) in [5.74, 6) is -0.377. The van der Waals surface area contributed by atoms with Gasteiger partial charge < -0.3 is 25.5 Å². The summed E-state index contributed by atoms with van der Waals surface area (Å²) in [5.41, 5.74) is 3.30. The number of carbonyl (C=O) groups is 2. The van der Waals surface area contributed by atoms with Gasteiger partial charge in [0.25, 0.3) is 0 Å². The van der Waals surface area contributed by atoms with Crippen molar-refractivity contribution in [2.45, 2.75) is 19.0 Å². The third-order valence-electron chi connectivity index (χ3n) is 5.02. The molecule has 0 aliphatic heterocycles. The van der Waals surface area contributed by atoms with Gasteiger partial charge >= 0.3 is 12.0 Å². The first-order valence-electron chi connectivity index (χ1n) is 9.95. The second-order valence-corrected chi connectivity index (χ2v) is 7.98. The van der Waals surface area contributed by atoms with Gasteiger partial charge in [-0.3, -0.25) is 0 Å². The Balaban J connectivity index is 1.37. The number of carboxylic acids is 1. The third kappa shape index (κ3) is 4.73. The zero-order valence-corrected chi connectivity index (χ0v) is 18.1. The molecule has 0 unspecified atom stereocenters. The highest BCUT2D eigenvalue weighted by Gasteiger charge is 2.22. The molecule has 164 valence electrons. The Hall–Kier alpha value is -3.85. The molecule has 2 heterocycles. The average molecular weight is 451 g/mol. The van der Waals surface area contributed by atoms with Crippen LogP contribution >= 0.6 is 11.3 Å². The number of carbonyl (C=O) groups excluding carboxylic acids is 1. The molecule has 2 amide bonds. The molecule has 9 heteroatoms. The molecule has 4 rings (SSSR count). The molecule has 4 aromatic rings. The van der Waals surface area contributed by atoms with Crippen LogP contribution in [-0.4, -0.2) is 40.2 Å². The van der Waals surface area contributed by atoms with Crippen molar-refractivity contribution in [1.29, 1.82) is 0 Å². The zero-order valence-electron chi connectivity index (χ0n) is 17.3. The molecular weight excluding hydrogens is 428 g/mol. The van der Waals surface area contributed by atoms with Crippen LogP contribution in [0.4, 0.5) is 4.79 Å². The molecule has 32 heavy (non-hydrogen) atoms. The Kier molecular flexibility index (Phi) is 6.37. The van der Waals surface area contributed by atoms with E-state index in [9.17, 15) is 14.7 Å². The standard InChI is InChI=1S/C23H22N4O4S/c1-31-20-9-5-3-7-17(20)21-26-15(13-32-21)12-25-23(30)27-19(22(28)29)10-14-11-24-18-8-4-2-6-16(14)18/h2-9,11,13,19,24H,10,12H2,1H3,(H,28,29)(H2,25,27,30)/t19-/m1/s1. The highest BCUT2D eigenvalue weighted by atomic mass is 32.1. The van der Waals surface area contributed by atoms with Crippen LogP contribution in [0.1, 0.15) is 11.3 Å². The topological polar surface area (TPSA) is 116 Å². The van der Waals surface area contributed by atoms with Crippen LogP contribution in [0.2, 0.25) is 0 Å². The number of hydrogen-bond donors (Lipinski definition) is 4. The van der Waals surface area contributed by atoms with Crippen LogP contribution in [0.5, 0.6) is 5.75 Å². The molecule has 8 nitrogen and oxygen atoms in total. The monoisotopic (exact) mass is 450 g/mol. The number of amides is 2. The summed E-state index contributed by atoms with van der Waals surface area (Å²) in [5, 5.41) is 18.4. The van der Waals surface area contributed by atoms with E-state index < -0.39 is 18.0 Å². The van der Waals surface area contributed by atoms with E-state index in [2.05, 4.69) is 20.6 Å². The molecule has 2 aromatic carbocycles. The van der Waals surface area contributed by atoms with Crippen LogP contribution in [0, 0.1) is 0 Å². The van der Waals surface area contributed by atoms with Gasteiger partial charge in [0.2, 0.25) is 0 Å². The number of aromatic nitrogens is 2. The molecule has 1 atom stereocenters. The number of H-pyrrole nitrogens is 1. The van der Waals surface area contributed by atoms with E-state index in [0.29, 0.717) is 5.69 Å². The molecule has 2 aromatic heterocycles. The first-order chi connectivity index (χ1) is 15.5. The van der Waals surface area contributed by atoms with Crippen LogP contribution < -0.4 is 15.4 Å². The molecule has 4 N–H and O–H groups in total. The van der Waals surface area contributed by atoms with Crippen molar-refractivity contribution in [3.63, 3.8) is 0 Å². The first-order valence-corrected chi connectivity index (χ1v) is 10.8. The minimum atomic E-state index is -1.10. The van der Waals surface area contributed by atoms with Crippen molar-refractivity contribution in [2.75, 3.05) is 7.11 Å². The van der Waals surface area contributed by atoms with Gasteiger partial charge in [0.15, 0.2) is 0 Å². The number of carboxylic acid groups (broad SMARTS) is 1. The van der Waals surface area contributed by atoms with Crippen LogP contribution in [-0.2, 0) is 17.8 Å². The zero-order chi connectivity index (χ0) is 22.5. The minimum absolute atomic E-state index is 0.168. The maximum absolute atomic E-state index is 12.4. The van der Waals surface area contributed by atoms with Gasteiger partial charge in [-0.2, -0.15) is 0 Å². The van der Waals surface area contributed by atoms with E-state index in [1.165, 1.54) is 11.3 Å². The number of hydrogen-bond acceptors (Lipinski definition) is 5. The van der Waals surface area contributed by atoms with Crippen LogP contribution in [0.15, 0.2) is 60.1 Å². The number of urea groups is 1. The Morgan fingerprint density at radius 2 is 1.97 bits per heavy atom. The van der Waals surface area contributed by atoms with Crippen molar-refractivity contribution in [3.8, 4) is 16.3 Å². The summed E-state index contributed by atoms with van der Waals surface area (Å²) < 4.78 is 5.37. The number of fused-ring (bicyclic) bond motifs is 1. The quantitative estimate of drug-likeness (QED) is 0.326. The van der Waals surface area contributed by atoms with E-state index in [-0.39, 0.29) is 13.0 Å². The number of benzene rings is 2. The minimum Gasteiger partial charge on any atom is -0.496 e. The highest BCUT2D eigenvalue weighted by Crippen LogP contribution is 2.31. The van der Waals surface area contributed by atoms with Crippen molar-refractivity contribution >= 4 is 34.2 Å². The van der Waals surface area contributed by atoms with Crippen molar-refractivity contribution in [1.82, 2.24) is 20.6 Å². The van der Waals surface area contributed by atoms with Gasteiger partial charge in [0, 0.05) is 28.9 Å². The summed E-state index contributed by atoms with van der Waals surface area (Å²) in [6, 6.07) is 13.6. The summed E-state index contributed by atoms with van der Waals surface area (Å²) in [4.78, 5) is 31.7. The first kappa shape index (κ1) is 21.4. The maximum atomic E-state index is 12.4. The number of thiazole rings is 1. The Morgan fingerprint density at radius 3 is 2.78 bits per heavy atom. The smallest absolute Gasteiger partial charge is 0.326 e. The van der Waals surface area contributed by atoms with Crippen LogP contribution in [0.3, 0.4) is 0 Å². The van der Waals surface area contributed by atoms with E-state index in [1.54, 1.807) is 13.3 Å². The largest absolute Gasteiger partial charge is 0.496 e. The molecule has 0 saturated carbocycles. The predicted molar refractivity (Wildman–Crippen MR) is 123 cm³/mol. The summed E-state index contributed by atoms with van der Waals surface area (Å²) in [6.45, 7) is 0.177. The molecule has 0 bridgehead atoms. The van der Waals surface area contributed by atoms with E-state index in [4.69, 9.17) is 4.74 Å². The lowest BCUT2D eigenvalue weighted by molar-refractivity contribution is -0.139. The normalized spacial score (nSPS) is 11.8.